The van der Waals surface area contributed by atoms with Crippen molar-refractivity contribution in [1.29, 1.82) is 0 Å². The molecule has 0 saturated carbocycles. The average Bonchev–Trinajstić information content (AvgIpc) is 3.21. The molecule has 0 radical (unpaired) electrons. The Morgan fingerprint density at radius 1 is 1.29 bits per heavy atom. The lowest BCUT2D eigenvalue weighted by atomic mass is 10.1. The number of rotatable bonds is 3. The number of nitrogens with zero attached hydrogens (tertiary/aromatic N) is 4. The van der Waals surface area contributed by atoms with Crippen LogP contribution >= 0.6 is 0 Å². The van der Waals surface area contributed by atoms with E-state index in [-0.39, 0.29) is 24.5 Å². The number of aromatic nitrogens is 3. The molecule has 0 atom stereocenters. The maximum atomic E-state index is 12.9. The highest BCUT2D eigenvalue weighted by molar-refractivity contribution is 5.67. The van der Waals surface area contributed by atoms with Gasteiger partial charge in [0.25, 0.3) is 5.56 Å². The van der Waals surface area contributed by atoms with Gasteiger partial charge in [-0.3, -0.25) is 4.79 Å². The summed E-state index contributed by atoms with van der Waals surface area (Å²) in [6.45, 7) is 0.637. The van der Waals surface area contributed by atoms with E-state index in [1.807, 2.05) is 0 Å². The first-order valence-corrected chi connectivity index (χ1v) is 9.29. The summed E-state index contributed by atoms with van der Waals surface area (Å²) < 4.78 is 50.0. The third-order valence-corrected chi connectivity index (χ3v) is 4.88. The zero-order chi connectivity index (χ0) is 22.2. The van der Waals surface area contributed by atoms with Gasteiger partial charge in [0.15, 0.2) is 0 Å². The summed E-state index contributed by atoms with van der Waals surface area (Å²) in [5.41, 5.74) is 0.639. The number of halogens is 3. The van der Waals surface area contributed by atoms with E-state index in [9.17, 15) is 22.8 Å². The molecule has 1 aliphatic heterocycles. The molecule has 1 aliphatic rings. The Hall–Kier alpha value is -3.63. The molecule has 0 spiro atoms. The Morgan fingerprint density at radius 3 is 2.84 bits per heavy atom. The van der Waals surface area contributed by atoms with Crippen molar-refractivity contribution in [3.8, 4) is 11.5 Å². The van der Waals surface area contributed by atoms with Crippen LogP contribution in [-0.4, -0.2) is 39.4 Å². The number of hydrogen-bond donors (Lipinski definition) is 0. The normalized spacial score (nSPS) is 13.7. The fraction of sp³-hybridized carbons (Fsp3) is 0.300. The minimum absolute atomic E-state index is 0.00467. The summed E-state index contributed by atoms with van der Waals surface area (Å²) in [7, 11) is 1.29. The van der Waals surface area contributed by atoms with Crippen LogP contribution in [0.1, 0.15) is 22.5 Å². The highest BCUT2D eigenvalue weighted by Crippen LogP contribution is 2.32. The second kappa shape index (κ2) is 7.89. The van der Waals surface area contributed by atoms with Crippen molar-refractivity contribution >= 4 is 6.09 Å². The predicted molar refractivity (Wildman–Crippen MR) is 101 cm³/mol. The summed E-state index contributed by atoms with van der Waals surface area (Å²) in [5, 5.41) is 4.35. The molecule has 1 aromatic carbocycles. The fourth-order valence-electron chi connectivity index (χ4n) is 3.33. The first-order chi connectivity index (χ1) is 14.7. The number of fused-ring (bicyclic) bond motifs is 1. The maximum Gasteiger partial charge on any atom is 0.416 e. The van der Waals surface area contributed by atoms with Crippen molar-refractivity contribution < 1.29 is 27.1 Å². The van der Waals surface area contributed by atoms with E-state index in [0.29, 0.717) is 29.9 Å². The van der Waals surface area contributed by atoms with Crippen molar-refractivity contribution in [2.75, 3.05) is 13.7 Å². The lowest BCUT2D eigenvalue weighted by Gasteiger charge is -2.26. The molecule has 8 nitrogen and oxygen atoms in total. The Balaban J connectivity index is 1.55. The van der Waals surface area contributed by atoms with E-state index in [0.717, 1.165) is 12.1 Å². The molecule has 3 aromatic rings. The van der Waals surface area contributed by atoms with Gasteiger partial charge < -0.3 is 14.1 Å². The number of carbonyl (C=O) groups is 1. The van der Waals surface area contributed by atoms with Gasteiger partial charge in [0.05, 0.1) is 31.5 Å². The number of benzene rings is 1. The first-order valence-electron chi connectivity index (χ1n) is 9.29. The molecule has 4 rings (SSSR count). The molecule has 1 amide bonds. The van der Waals surface area contributed by atoms with E-state index >= 15 is 0 Å². The molecule has 0 N–H and O–H groups in total. The number of carbonyl (C=O) groups excluding carboxylic acids is 1. The van der Waals surface area contributed by atoms with Gasteiger partial charge in [0, 0.05) is 30.2 Å². The minimum atomic E-state index is -4.48. The van der Waals surface area contributed by atoms with Crippen molar-refractivity contribution in [3.05, 3.63) is 69.5 Å². The Morgan fingerprint density at radius 2 is 2.10 bits per heavy atom. The smallest absolute Gasteiger partial charge is 0.416 e. The van der Waals surface area contributed by atoms with Gasteiger partial charge in [-0.25, -0.2) is 14.5 Å². The van der Waals surface area contributed by atoms with Gasteiger partial charge >= 0.3 is 12.3 Å². The summed E-state index contributed by atoms with van der Waals surface area (Å²) in [6, 6.07) is 6.05. The van der Waals surface area contributed by atoms with Crippen LogP contribution in [0, 0.1) is 0 Å². The minimum Gasteiger partial charge on any atom is -0.453 e. The lowest BCUT2D eigenvalue weighted by molar-refractivity contribution is -0.137. The summed E-state index contributed by atoms with van der Waals surface area (Å²) >= 11 is 0. The maximum absolute atomic E-state index is 12.9. The SMILES string of the molecule is COC(=O)N1CCc2nn(Cc3coc(-c4cccc(C(F)(F)F)c4)n3)c(=O)cc2C1. The monoisotopic (exact) mass is 434 g/mol. The summed E-state index contributed by atoms with van der Waals surface area (Å²) in [6.07, 6.45) is -3.21. The number of methoxy groups -OCH3 is 1. The molecular formula is C20H17F3N4O4. The first kappa shape index (κ1) is 20.6. The highest BCUT2D eigenvalue weighted by Gasteiger charge is 2.31. The fourth-order valence-corrected chi connectivity index (χ4v) is 3.33. The molecule has 0 fully saturated rings. The summed E-state index contributed by atoms with van der Waals surface area (Å²) in [4.78, 5) is 29.8. The van der Waals surface area contributed by atoms with Gasteiger partial charge in [-0.15, -0.1) is 0 Å². The molecule has 31 heavy (non-hydrogen) atoms. The molecule has 162 valence electrons. The lowest BCUT2D eigenvalue weighted by Crippen LogP contribution is -2.38. The molecule has 3 heterocycles. The zero-order valence-electron chi connectivity index (χ0n) is 16.3. The third-order valence-electron chi connectivity index (χ3n) is 4.88. The molecular weight excluding hydrogens is 417 g/mol. The van der Waals surface area contributed by atoms with E-state index in [1.165, 1.54) is 41.2 Å². The molecule has 2 aromatic heterocycles. The zero-order valence-corrected chi connectivity index (χ0v) is 16.3. The van der Waals surface area contributed by atoms with E-state index < -0.39 is 23.4 Å². The van der Waals surface area contributed by atoms with Crippen LogP contribution in [0.5, 0.6) is 0 Å². The number of ether oxygens (including phenoxy) is 1. The van der Waals surface area contributed by atoms with E-state index in [4.69, 9.17) is 9.15 Å². The number of amides is 1. The second-order valence-electron chi connectivity index (χ2n) is 6.98. The van der Waals surface area contributed by atoms with Crippen LogP contribution in [0.4, 0.5) is 18.0 Å². The molecule has 0 saturated heterocycles. The average molecular weight is 434 g/mol. The van der Waals surface area contributed by atoms with Crippen LogP contribution in [-0.2, 0) is 30.4 Å². The molecule has 0 bridgehead atoms. The number of hydrogen-bond acceptors (Lipinski definition) is 6. The third kappa shape index (κ3) is 4.30. The Kier molecular flexibility index (Phi) is 5.25. The van der Waals surface area contributed by atoms with E-state index in [1.54, 1.807) is 0 Å². The van der Waals surface area contributed by atoms with Crippen molar-refractivity contribution in [1.82, 2.24) is 19.7 Å². The van der Waals surface area contributed by atoms with Gasteiger partial charge in [0.2, 0.25) is 5.89 Å². The van der Waals surface area contributed by atoms with Gasteiger partial charge in [0.1, 0.15) is 12.0 Å². The largest absolute Gasteiger partial charge is 0.453 e. The Bertz CT molecular complexity index is 1190. The van der Waals surface area contributed by atoms with Crippen molar-refractivity contribution in [3.63, 3.8) is 0 Å². The molecule has 0 unspecified atom stereocenters. The highest BCUT2D eigenvalue weighted by atomic mass is 19.4. The van der Waals surface area contributed by atoms with Crippen LogP contribution in [0.15, 0.2) is 45.8 Å². The Labute approximate surface area is 173 Å². The van der Waals surface area contributed by atoms with E-state index in [2.05, 4.69) is 10.1 Å². The molecule has 11 heteroatoms. The van der Waals surface area contributed by atoms with Crippen LogP contribution in [0.25, 0.3) is 11.5 Å². The van der Waals surface area contributed by atoms with Gasteiger partial charge in [-0.1, -0.05) is 6.07 Å². The quantitative estimate of drug-likeness (QED) is 0.629. The predicted octanol–water partition coefficient (Wildman–Crippen LogP) is 3.09. The van der Waals surface area contributed by atoms with Crippen LogP contribution < -0.4 is 5.56 Å². The van der Waals surface area contributed by atoms with Crippen LogP contribution in [0.2, 0.25) is 0 Å². The summed E-state index contributed by atoms with van der Waals surface area (Å²) in [5.74, 6) is 0.0147. The second-order valence-corrected chi connectivity index (χ2v) is 6.98. The standard InChI is InChI=1S/C20H17F3N4O4/c1-30-19(29)26-6-5-16-13(9-26)8-17(28)27(25-16)10-15-11-31-18(24-15)12-3-2-4-14(7-12)20(21,22)23/h2-4,7-8,11H,5-6,9-10H2,1H3. The van der Waals surface area contributed by atoms with Gasteiger partial charge in [-0.2, -0.15) is 18.3 Å². The number of oxazole rings is 1. The van der Waals surface area contributed by atoms with Crippen molar-refractivity contribution in [2.45, 2.75) is 25.7 Å². The number of alkyl halides is 3. The van der Waals surface area contributed by atoms with Crippen LogP contribution in [0.3, 0.4) is 0 Å². The topological polar surface area (TPSA) is 90.5 Å². The van der Waals surface area contributed by atoms with Gasteiger partial charge in [-0.05, 0) is 18.2 Å². The van der Waals surface area contributed by atoms with Crippen molar-refractivity contribution in [2.24, 2.45) is 0 Å². The molecule has 0 aliphatic carbocycles.